The Bertz CT molecular complexity index is 404. The molecule has 1 heterocycles. The number of aliphatic hydroxyl groups is 1. The summed E-state index contributed by atoms with van der Waals surface area (Å²) >= 11 is 0. The van der Waals surface area contributed by atoms with Crippen LogP contribution in [0.25, 0.3) is 0 Å². The molecule has 0 aliphatic rings. The van der Waals surface area contributed by atoms with Gasteiger partial charge in [0.15, 0.2) is 0 Å². The largest absolute Gasteiger partial charge is 0.397 e. The molecule has 98 valence electrons. The first kappa shape index (κ1) is 14.5. The lowest BCUT2D eigenvalue weighted by Crippen LogP contribution is -2.27. The van der Waals surface area contributed by atoms with Crippen LogP contribution in [-0.4, -0.2) is 15.7 Å². The molecular weight excluding hydrogens is 226 g/mol. The van der Waals surface area contributed by atoms with Crippen molar-refractivity contribution in [2.75, 3.05) is 5.73 Å². The predicted molar refractivity (Wildman–Crippen MR) is 71.8 cm³/mol. The van der Waals surface area contributed by atoms with E-state index in [9.17, 15) is 10.4 Å². The number of anilines is 1. The highest BCUT2D eigenvalue weighted by molar-refractivity contribution is 5.36. The van der Waals surface area contributed by atoms with Crippen LogP contribution < -0.4 is 5.73 Å². The predicted octanol–water partition coefficient (Wildman–Crippen LogP) is 2.60. The summed E-state index contributed by atoms with van der Waals surface area (Å²) < 4.78 is 0. The van der Waals surface area contributed by atoms with Crippen LogP contribution in [0.1, 0.15) is 51.1 Å². The Hall–Kier alpha value is -1.60. The van der Waals surface area contributed by atoms with Gasteiger partial charge in [0.05, 0.1) is 35.2 Å². The monoisotopic (exact) mass is 247 g/mol. The normalized spacial score (nSPS) is 13.0. The summed E-state index contributed by atoms with van der Waals surface area (Å²) in [5.41, 5.74) is 6.22. The number of nitrogens with two attached hydrogens (primary N) is 1. The van der Waals surface area contributed by atoms with Crippen molar-refractivity contribution < 1.29 is 5.11 Å². The number of hydrogen-bond acceptors (Lipinski definition) is 4. The highest BCUT2D eigenvalue weighted by atomic mass is 16.3. The van der Waals surface area contributed by atoms with Gasteiger partial charge in [-0.1, -0.05) is 13.8 Å². The Labute approximate surface area is 108 Å². The average Bonchev–Trinajstić information content (AvgIpc) is 2.41. The standard InChI is InChI=1S/C14H21N3O/c1-3-14(18,4-2)8-7-11(9-15)13-6-5-12(16)10-17-13/h5-6,10-11,18H,3-4,7-8,16H2,1-2H3. The minimum absolute atomic E-state index is 0.282. The van der Waals surface area contributed by atoms with Crippen molar-refractivity contribution in [3.8, 4) is 6.07 Å². The molecule has 0 fully saturated rings. The average molecular weight is 247 g/mol. The van der Waals surface area contributed by atoms with Gasteiger partial charge in [-0.2, -0.15) is 5.26 Å². The Morgan fingerprint density at radius 3 is 2.56 bits per heavy atom. The van der Waals surface area contributed by atoms with E-state index in [4.69, 9.17) is 5.73 Å². The second-order valence-electron chi connectivity index (χ2n) is 4.67. The summed E-state index contributed by atoms with van der Waals surface area (Å²) in [6.07, 6.45) is 4.20. The maximum Gasteiger partial charge on any atom is 0.0885 e. The third-order valence-corrected chi connectivity index (χ3v) is 3.54. The lowest BCUT2D eigenvalue weighted by molar-refractivity contribution is 0.0210. The molecule has 0 amide bonds. The van der Waals surface area contributed by atoms with Crippen LogP contribution in [0.2, 0.25) is 0 Å². The van der Waals surface area contributed by atoms with Gasteiger partial charge in [0.1, 0.15) is 0 Å². The van der Waals surface area contributed by atoms with E-state index in [-0.39, 0.29) is 5.92 Å². The van der Waals surface area contributed by atoms with Crippen LogP contribution >= 0.6 is 0 Å². The molecule has 0 saturated carbocycles. The summed E-state index contributed by atoms with van der Waals surface area (Å²) in [5.74, 6) is -0.282. The van der Waals surface area contributed by atoms with Gasteiger partial charge in [-0.15, -0.1) is 0 Å². The van der Waals surface area contributed by atoms with Crippen molar-refractivity contribution in [1.29, 1.82) is 5.26 Å². The summed E-state index contributed by atoms with van der Waals surface area (Å²) in [4.78, 5) is 4.17. The molecule has 0 bridgehead atoms. The van der Waals surface area contributed by atoms with Crippen molar-refractivity contribution in [2.45, 2.75) is 51.0 Å². The van der Waals surface area contributed by atoms with Gasteiger partial charge in [-0.3, -0.25) is 4.98 Å². The van der Waals surface area contributed by atoms with Gasteiger partial charge in [0.25, 0.3) is 0 Å². The van der Waals surface area contributed by atoms with Crippen molar-refractivity contribution in [1.82, 2.24) is 4.98 Å². The van der Waals surface area contributed by atoms with E-state index >= 15 is 0 Å². The smallest absolute Gasteiger partial charge is 0.0885 e. The summed E-state index contributed by atoms with van der Waals surface area (Å²) in [7, 11) is 0. The molecule has 0 aliphatic carbocycles. The molecular formula is C14H21N3O. The van der Waals surface area contributed by atoms with Crippen LogP contribution in [0.15, 0.2) is 18.3 Å². The molecule has 0 spiro atoms. The van der Waals surface area contributed by atoms with Crippen molar-refractivity contribution in [3.05, 3.63) is 24.0 Å². The SMILES string of the molecule is CCC(O)(CC)CCC(C#N)c1ccc(N)cn1. The van der Waals surface area contributed by atoms with Crippen molar-refractivity contribution >= 4 is 5.69 Å². The molecule has 18 heavy (non-hydrogen) atoms. The molecule has 0 radical (unpaired) electrons. The van der Waals surface area contributed by atoms with E-state index in [1.165, 1.54) is 0 Å². The lowest BCUT2D eigenvalue weighted by Gasteiger charge is -2.25. The molecule has 1 aromatic heterocycles. The molecule has 0 aromatic carbocycles. The number of aromatic nitrogens is 1. The van der Waals surface area contributed by atoms with E-state index in [1.54, 1.807) is 18.3 Å². The van der Waals surface area contributed by atoms with Crippen LogP contribution in [0.3, 0.4) is 0 Å². The minimum Gasteiger partial charge on any atom is -0.397 e. The number of nitrogens with zero attached hydrogens (tertiary/aromatic N) is 2. The van der Waals surface area contributed by atoms with Gasteiger partial charge in [-0.25, -0.2) is 0 Å². The molecule has 0 aliphatic heterocycles. The van der Waals surface area contributed by atoms with Crippen molar-refractivity contribution in [3.63, 3.8) is 0 Å². The number of nitrogen functional groups attached to an aromatic ring is 1. The minimum atomic E-state index is -0.664. The highest BCUT2D eigenvalue weighted by Crippen LogP contribution is 2.27. The Morgan fingerprint density at radius 2 is 2.11 bits per heavy atom. The molecule has 4 nitrogen and oxygen atoms in total. The third kappa shape index (κ3) is 3.71. The zero-order valence-electron chi connectivity index (χ0n) is 11.1. The van der Waals surface area contributed by atoms with Crippen molar-refractivity contribution in [2.24, 2.45) is 0 Å². The maximum atomic E-state index is 10.2. The summed E-state index contributed by atoms with van der Waals surface area (Å²) in [6.45, 7) is 3.93. The van der Waals surface area contributed by atoms with E-state index in [2.05, 4.69) is 11.1 Å². The second-order valence-corrected chi connectivity index (χ2v) is 4.67. The van der Waals surface area contributed by atoms with Crippen LogP contribution in [0.5, 0.6) is 0 Å². The molecule has 0 saturated heterocycles. The van der Waals surface area contributed by atoms with Crippen LogP contribution in [0.4, 0.5) is 5.69 Å². The molecule has 1 unspecified atom stereocenters. The number of pyridine rings is 1. The number of hydrogen-bond donors (Lipinski definition) is 2. The molecule has 3 N–H and O–H groups in total. The summed E-state index contributed by atoms with van der Waals surface area (Å²) in [5, 5.41) is 19.4. The molecule has 1 atom stereocenters. The highest BCUT2D eigenvalue weighted by Gasteiger charge is 2.24. The Balaban J connectivity index is 2.69. The molecule has 1 aromatic rings. The van der Waals surface area contributed by atoms with Gasteiger partial charge >= 0.3 is 0 Å². The van der Waals surface area contributed by atoms with E-state index < -0.39 is 5.60 Å². The fraction of sp³-hybridized carbons (Fsp3) is 0.571. The lowest BCUT2D eigenvalue weighted by atomic mass is 9.87. The van der Waals surface area contributed by atoms with Gasteiger partial charge in [-0.05, 0) is 37.8 Å². The van der Waals surface area contributed by atoms with Gasteiger partial charge in [0.2, 0.25) is 0 Å². The molecule has 1 rings (SSSR count). The number of rotatable bonds is 6. The Kier molecular flexibility index (Phi) is 5.11. The number of nitriles is 1. The first-order valence-corrected chi connectivity index (χ1v) is 6.38. The zero-order valence-corrected chi connectivity index (χ0v) is 11.1. The van der Waals surface area contributed by atoms with E-state index in [0.29, 0.717) is 31.4 Å². The quantitative estimate of drug-likeness (QED) is 0.809. The third-order valence-electron chi connectivity index (χ3n) is 3.54. The summed E-state index contributed by atoms with van der Waals surface area (Å²) in [6, 6.07) is 5.77. The zero-order chi connectivity index (χ0) is 13.6. The maximum absolute atomic E-state index is 10.2. The van der Waals surface area contributed by atoms with Crippen LogP contribution in [0, 0.1) is 11.3 Å². The first-order chi connectivity index (χ1) is 8.54. The van der Waals surface area contributed by atoms with Gasteiger partial charge in [0, 0.05) is 0 Å². The fourth-order valence-electron chi connectivity index (χ4n) is 1.92. The van der Waals surface area contributed by atoms with E-state index in [1.807, 2.05) is 13.8 Å². The van der Waals surface area contributed by atoms with Crippen LogP contribution in [-0.2, 0) is 0 Å². The van der Waals surface area contributed by atoms with E-state index in [0.717, 1.165) is 5.69 Å². The fourth-order valence-corrected chi connectivity index (χ4v) is 1.92. The first-order valence-electron chi connectivity index (χ1n) is 6.38. The second kappa shape index (κ2) is 6.36. The Morgan fingerprint density at radius 1 is 1.44 bits per heavy atom. The molecule has 4 heteroatoms. The van der Waals surface area contributed by atoms with Gasteiger partial charge < -0.3 is 10.8 Å². The topological polar surface area (TPSA) is 82.9 Å².